The van der Waals surface area contributed by atoms with Crippen LogP contribution in [0.4, 0.5) is 0 Å². The van der Waals surface area contributed by atoms with E-state index in [1.807, 2.05) is 13.0 Å². The summed E-state index contributed by atoms with van der Waals surface area (Å²) < 4.78 is 11.0. The number of carbonyl (C=O) groups is 2. The number of alkyl halides is 1. The van der Waals surface area contributed by atoms with Gasteiger partial charge in [-0.05, 0) is 38.3 Å². The molecule has 0 bridgehead atoms. The van der Waals surface area contributed by atoms with E-state index in [1.165, 1.54) is 4.90 Å². The summed E-state index contributed by atoms with van der Waals surface area (Å²) in [4.78, 5) is 28.3. The lowest BCUT2D eigenvalue weighted by molar-refractivity contribution is -0.141. The smallest absolute Gasteiger partial charge is 0.242 e. The second kappa shape index (κ2) is 9.82. The van der Waals surface area contributed by atoms with E-state index in [9.17, 15) is 9.59 Å². The van der Waals surface area contributed by atoms with Crippen LogP contribution in [0, 0.1) is 0 Å². The summed E-state index contributed by atoms with van der Waals surface area (Å²) >= 11 is 5.92. The van der Waals surface area contributed by atoms with Gasteiger partial charge in [-0.2, -0.15) is 0 Å². The molecule has 0 aromatic carbocycles. The normalized spacial score (nSPS) is 18.1. The Labute approximate surface area is 154 Å². The number of amides is 2. The van der Waals surface area contributed by atoms with E-state index in [4.69, 9.17) is 20.8 Å². The Morgan fingerprint density at radius 3 is 2.76 bits per heavy atom. The first kappa shape index (κ1) is 19.8. The van der Waals surface area contributed by atoms with Crippen LogP contribution in [0.2, 0.25) is 0 Å². The predicted molar refractivity (Wildman–Crippen MR) is 95.3 cm³/mol. The van der Waals surface area contributed by atoms with Gasteiger partial charge in [0.05, 0.1) is 25.5 Å². The third kappa shape index (κ3) is 6.04. The average molecular weight is 371 g/mol. The fourth-order valence-electron chi connectivity index (χ4n) is 2.93. The van der Waals surface area contributed by atoms with Crippen LogP contribution in [0.5, 0.6) is 0 Å². The minimum Gasteiger partial charge on any atom is -0.467 e. The monoisotopic (exact) mass is 370 g/mol. The number of hydrogen-bond acceptors (Lipinski definition) is 4. The molecule has 0 N–H and O–H groups in total. The van der Waals surface area contributed by atoms with Gasteiger partial charge in [-0.25, -0.2) is 0 Å². The fourth-order valence-corrected chi connectivity index (χ4v) is 3.07. The molecule has 1 fully saturated rings. The van der Waals surface area contributed by atoms with Crippen LogP contribution in [-0.2, 0) is 20.9 Å². The number of carbonyl (C=O) groups excluding carboxylic acids is 2. The summed E-state index contributed by atoms with van der Waals surface area (Å²) in [6, 6.07) is 3.64. The second-order valence-electron chi connectivity index (χ2n) is 6.36. The van der Waals surface area contributed by atoms with Crippen molar-refractivity contribution in [3.05, 3.63) is 24.2 Å². The SMILES string of the molecule is CCCN(CC(=O)N(Cc1ccco1)C[C@H]1CCCO1)C(=O)[C@H](C)Cl. The molecule has 25 heavy (non-hydrogen) atoms. The highest BCUT2D eigenvalue weighted by molar-refractivity contribution is 6.30. The van der Waals surface area contributed by atoms with Crippen LogP contribution in [0.25, 0.3) is 0 Å². The van der Waals surface area contributed by atoms with E-state index in [1.54, 1.807) is 24.2 Å². The van der Waals surface area contributed by atoms with E-state index in [0.717, 1.165) is 25.9 Å². The van der Waals surface area contributed by atoms with E-state index >= 15 is 0 Å². The first-order chi connectivity index (χ1) is 12.0. The van der Waals surface area contributed by atoms with E-state index in [2.05, 4.69) is 0 Å². The summed E-state index contributed by atoms with van der Waals surface area (Å²) in [5.74, 6) is 0.378. The van der Waals surface area contributed by atoms with E-state index < -0.39 is 5.38 Å². The molecule has 1 aliphatic rings. The quantitative estimate of drug-likeness (QED) is 0.627. The van der Waals surface area contributed by atoms with Crippen LogP contribution in [0.3, 0.4) is 0 Å². The summed E-state index contributed by atoms with van der Waals surface area (Å²) in [5.41, 5.74) is 0. The van der Waals surface area contributed by atoms with Crippen LogP contribution in [0.1, 0.15) is 38.9 Å². The molecule has 7 heteroatoms. The lowest BCUT2D eigenvalue weighted by Gasteiger charge is -2.29. The highest BCUT2D eigenvalue weighted by Crippen LogP contribution is 2.16. The number of furan rings is 1. The van der Waals surface area contributed by atoms with Gasteiger partial charge in [0, 0.05) is 19.7 Å². The zero-order chi connectivity index (χ0) is 18.2. The van der Waals surface area contributed by atoms with Crippen molar-refractivity contribution in [3.8, 4) is 0 Å². The second-order valence-corrected chi connectivity index (χ2v) is 7.02. The molecule has 1 aromatic heterocycles. The molecule has 2 rings (SSSR count). The van der Waals surface area contributed by atoms with Crippen molar-refractivity contribution in [1.29, 1.82) is 0 Å². The first-order valence-corrected chi connectivity index (χ1v) is 9.29. The maximum atomic E-state index is 12.9. The minimum atomic E-state index is -0.643. The highest BCUT2D eigenvalue weighted by Gasteiger charge is 2.27. The molecule has 2 heterocycles. The van der Waals surface area contributed by atoms with Gasteiger partial charge in [-0.3, -0.25) is 9.59 Å². The van der Waals surface area contributed by atoms with Gasteiger partial charge in [0.2, 0.25) is 11.8 Å². The molecule has 0 spiro atoms. The molecule has 140 valence electrons. The Balaban J connectivity index is 2.04. The maximum absolute atomic E-state index is 12.9. The highest BCUT2D eigenvalue weighted by atomic mass is 35.5. The third-order valence-corrected chi connectivity index (χ3v) is 4.39. The number of halogens is 1. The van der Waals surface area contributed by atoms with Gasteiger partial charge in [0.25, 0.3) is 0 Å². The van der Waals surface area contributed by atoms with Crippen LogP contribution in [-0.4, -0.2) is 59.3 Å². The van der Waals surface area contributed by atoms with Crippen molar-refractivity contribution in [2.45, 2.75) is 51.1 Å². The predicted octanol–water partition coefficient (Wildman–Crippen LogP) is 2.65. The minimum absolute atomic E-state index is 0.0250. The van der Waals surface area contributed by atoms with Crippen molar-refractivity contribution in [2.24, 2.45) is 0 Å². The van der Waals surface area contributed by atoms with E-state index in [0.29, 0.717) is 25.4 Å². The Morgan fingerprint density at radius 2 is 2.20 bits per heavy atom. The van der Waals surface area contributed by atoms with Crippen molar-refractivity contribution in [2.75, 3.05) is 26.2 Å². The fraction of sp³-hybridized carbons (Fsp3) is 0.667. The van der Waals surface area contributed by atoms with Crippen LogP contribution in [0.15, 0.2) is 22.8 Å². The zero-order valence-corrected chi connectivity index (χ0v) is 15.7. The molecule has 0 radical (unpaired) electrons. The number of hydrogen-bond donors (Lipinski definition) is 0. The summed E-state index contributed by atoms with van der Waals surface area (Å²) in [7, 11) is 0. The molecule has 2 atom stereocenters. The third-order valence-electron chi connectivity index (χ3n) is 4.20. The lowest BCUT2D eigenvalue weighted by Crippen LogP contribution is -2.46. The average Bonchev–Trinajstić information content (AvgIpc) is 3.26. The molecule has 1 aromatic rings. The topological polar surface area (TPSA) is 63.0 Å². The number of rotatable bonds is 9. The summed E-state index contributed by atoms with van der Waals surface area (Å²) in [6.45, 7) is 5.74. The number of nitrogens with zero attached hydrogens (tertiary/aromatic N) is 2. The first-order valence-electron chi connectivity index (χ1n) is 8.85. The molecule has 1 aliphatic heterocycles. The largest absolute Gasteiger partial charge is 0.467 e. The molecule has 1 saturated heterocycles. The molecular formula is C18H27ClN2O4. The van der Waals surface area contributed by atoms with Crippen LogP contribution >= 0.6 is 11.6 Å². The van der Waals surface area contributed by atoms with Crippen molar-refractivity contribution in [1.82, 2.24) is 9.80 Å². The maximum Gasteiger partial charge on any atom is 0.242 e. The lowest BCUT2D eigenvalue weighted by atomic mass is 10.2. The molecule has 0 aliphatic carbocycles. The van der Waals surface area contributed by atoms with Gasteiger partial charge >= 0.3 is 0 Å². The zero-order valence-electron chi connectivity index (χ0n) is 14.9. The Hall–Kier alpha value is -1.53. The summed E-state index contributed by atoms with van der Waals surface area (Å²) in [5, 5.41) is -0.643. The standard InChI is InChI=1S/C18H27ClN2O4/c1-3-8-20(18(23)14(2)19)13-17(22)21(11-15-6-4-9-24-15)12-16-7-5-10-25-16/h4,6,9,14,16H,3,5,7-8,10-13H2,1-2H3/t14-,16+/m0/s1. The van der Waals surface area contributed by atoms with Crippen LogP contribution < -0.4 is 0 Å². The van der Waals surface area contributed by atoms with Gasteiger partial charge in [0.1, 0.15) is 11.1 Å². The van der Waals surface area contributed by atoms with Crippen molar-refractivity contribution in [3.63, 3.8) is 0 Å². The van der Waals surface area contributed by atoms with Crippen molar-refractivity contribution < 1.29 is 18.7 Å². The van der Waals surface area contributed by atoms with Gasteiger partial charge < -0.3 is 19.0 Å². The van der Waals surface area contributed by atoms with Crippen molar-refractivity contribution >= 4 is 23.4 Å². The van der Waals surface area contributed by atoms with Gasteiger partial charge in [-0.1, -0.05) is 6.92 Å². The molecule has 0 saturated carbocycles. The molecule has 2 amide bonds. The molecule has 0 unspecified atom stereocenters. The molecule has 6 nitrogen and oxygen atoms in total. The Morgan fingerprint density at radius 1 is 1.40 bits per heavy atom. The Kier molecular flexibility index (Phi) is 7.78. The molecular weight excluding hydrogens is 344 g/mol. The summed E-state index contributed by atoms with van der Waals surface area (Å²) in [6.07, 6.45) is 4.36. The van der Waals surface area contributed by atoms with Gasteiger partial charge in [0.15, 0.2) is 0 Å². The number of ether oxygens (including phenoxy) is 1. The van der Waals surface area contributed by atoms with E-state index in [-0.39, 0.29) is 24.5 Å². The Bertz CT molecular complexity index is 541. The van der Waals surface area contributed by atoms with Gasteiger partial charge in [-0.15, -0.1) is 11.6 Å².